The summed E-state index contributed by atoms with van der Waals surface area (Å²) in [6.45, 7) is 0.665. The monoisotopic (exact) mass is 324 g/mol. The van der Waals surface area contributed by atoms with E-state index in [9.17, 15) is 0 Å². The van der Waals surface area contributed by atoms with Crippen molar-refractivity contribution < 1.29 is 4.74 Å². The van der Waals surface area contributed by atoms with E-state index in [0.717, 1.165) is 24.2 Å². The third-order valence-corrected chi connectivity index (χ3v) is 3.71. The maximum Gasteiger partial charge on any atom is 0.223 e. The zero-order chi connectivity index (χ0) is 14.8. The lowest BCUT2D eigenvalue weighted by Crippen LogP contribution is -2.12. The molecule has 0 aliphatic carbocycles. The Hall–Kier alpha value is -1.72. The van der Waals surface area contributed by atoms with Gasteiger partial charge in [0.2, 0.25) is 5.95 Å². The Morgan fingerprint density at radius 3 is 2.90 bits per heavy atom. The average molecular weight is 325 g/mol. The molecule has 0 amide bonds. The third kappa shape index (κ3) is 3.31. The van der Waals surface area contributed by atoms with Gasteiger partial charge in [0.05, 0.1) is 12.6 Å². The average Bonchev–Trinajstić information content (AvgIpc) is 2.60. The van der Waals surface area contributed by atoms with E-state index in [4.69, 9.17) is 33.7 Å². The highest BCUT2D eigenvalue weighted by Gasteiger charge is 2.20. The van der Waals surface area contributed by atoms with Gasteiger partial charge in [-0.15, -0.1) is 0 Å². The third-order valence-electron chi connectivity index (χ3n) is 3.28. The van der Waals surface area contributed by atoms with Crippen molar-refractivity contribution in [3.05, 3.63) is 40.0 Å². The predicted octanol–water partition coefficient (Wildman–Crippen LogP) is 3.69. The van der Waals surface area contributed by atoms with Crippen LogP contribution in [0.15, 0.2) is 24.3 Å². The summed E-state index contributed by atoms with van der Waals surface area (Å²) in [6, 6.07) is 7.36. The van der Waals surface area contributed by atoms with Crippen LogP contribution in [0.5, 0.6) is 5.75 Å². The molecular formula is C14H14Cl2N4O. The number of nitrogens with two attached hydrogens (primary N) is 1. The molecule has 7 heteroatoms. The van der Waals surface area contributed by atoms with Gasteiger partial charge in [-0.3, -0.25) is 0 Å². The maximum atomic E-state index is 6.02. The first-order chi connectivity index (χ1) is 10.1. The van der Waals surface area contributed by atoms with Gasteiger partial charge in [0.15, 0.2) is 0 Å². The minimum Gasteiger partial charge on any atom is -0.493 e. The number of nitrogen functional groups attached to an aromatic ring is 1. The van der Waals surface area contributed by atoms with Crippen LogP contribution in [0.4, 0.5) is 11.8 Å². The number of fused-ring (bicyclic) bond motifs is 1. The van der Waals surface area contributed by atoms with Crippen LogP contribution in [0.25, 0.3) is 0 Å². The second kappa shape index (κ2) is 5.95. The van der Waals surface area contributed by atoms with E-state index in [1.165, 1.54) is 0 Å². The van der Waals surface area contributed by atoms with Crippen molar-refractivity contribution in [2.45, 2.75) is 18.9 Å². The van der Waals surface area contributed by atoms with Gasteiger partial charge in [-0.05, 0) is 25.0 Å². The largest absolute Gasteiger partial charge is 0.493 e. The molecule has 0 saturated heterocycles. The summed E-state index contributed by atoms with van der Waals surface area (Å²) < 4.78 is 5.74. The number of benzene rings is 1. The van der Waals surface area contributed by atoms with Crippen molar-refractivity contribution in [1.82, 2.24) is 9.97 Å². The second-order valence-corrected chi connectivity index (χ2v) is 5.63. The summed E-state index contributed by atoms with van der Waals surface area (Å²) in [5.41, 5.74) is 6.67. The highest BCUT2D eigenvalue weighted by atomic mass is 35.5. The van der Waals surface area contributed by atoms with Crippen LogP contribution < -0.4 is 15.8 Å². The minimum atomic E-state index is 0.0603. The van der Waals surface area contributed by atoms with Crippen LogP contribution in [0.1, 0.15) is 24.4 Å². The second-order valence-electron chi connectivity index (χ2n) is 4.80. The molecule has 1 aliphatic heterocycles. The van der Waals surface area contributed by atoms with Crippen molar-refractivity contribution in [1.29, 1.82) is 0 Å². The van der Waals surface area contributed by atoms with Crippen molar-refractivity contribution in [3.8, 4) is 5.75 Å². The number of hydrogen-bond acceptors (Lipinski definition) is 5. The maximum absolute atomic E-state index is 6.02. The van der Waals surface area contributed by atoms with Crippen LogP contribution in [0, 0.1) is 0 Å². The zero-order valence-electron chi connectivity index (χ0n) is 11.1. The summed E-state index contributed by atoms with van der Waals surface area (Å²) in [7, 11) is 0. The predicted molar refractivity (Wildman–Crippen MR) is 84.0 cm³/mol. The lowest BCUT2D eigenvalue weighted by Gasteiger charge is -2.19. The Morgan fingerprint density at radius 2 is 2.10 bits per heavy atom. The number of anilines is 2. The van der Waals surface area contributed by atoms with Gasteiger partial charge in [-0.25, -0.2) is 4.98 Å². The molecule has 1 aliphatic rings. The highest BCUT2D eigenvalue weighted by Crippen LogP contribution is 2.35. The van der Waals surface area contributed by atoms with Gasteiger partial charge in [0.1, 0.15) is 16.7 Å². The first-order valence-corrected chi connectivity index (χ1v) is 7.36. The van der Waals surface area contributed by atoms with Crippen LogP contribution in [-0.4, -0.2) is 16.6 Å². The van der Waals surface area contributed by atoms with Crippen molar-refractivity contribution in [2.75, 3.05) is 17.7 Å². The molecule has 0 spiro atoms. The lowest BCUT2D eigenvalue weighted by atomic mass is 10.0. The van der Waals surface area contributed by atoms with Gasteiger partial charge >= 0.3 is 0 Å². The normalized spacial score (nSPS) is 17.5. The summed E-state index contributed by atoms with van der Waals surface area (Å²) in [4.78, 5) is 8.01. The van der Waals surface area contributed by atoms with E-state index in [1.54, 1.807) is 6.07 Å². The molecule has 3 N–H and O–H groups in total. The quantitative estimate of drug-likeness (QED) is 0.824. The Kier molecular flexibility index (Phi) is 4.03. The molecule has 0 radical (unpaired) electrons. The van der Waals surface area contributed by atoms with Gasteiger partial charge in [-0.2, -0.15) is 4.98 Å². The van der Waals surface area contributed by atoms with Crippen LogP contribution in [-0.2, 0) is 0 Å². The molecule has 0 fully saturated rings. The molecule has 110 valence electrons. The fourth-order valence-corrected chi connectivity index (χ4v) is 2.74. The van der Waals surface area contributed by atoms with E-state index < -0.39 is 0 Å². The topological polar surface area (TPSA) is 73.1 Å². The number of halogens is 2. The number of hydrogen-bond donors (Lipinski definition) is 2. The fraction of sp³-hybridized carbons (Fsp3) is 0.286. The molecule has 2 aromatic rings. The molecule has 1 aromatic heterocycles. The van der Waals surface area contributed by atoms with Gasteiger partial charge < -0.3 is 15.8 Å². The Bertz CT molecular complexity index is 645. The van der Waals surface area contributed by atoms with E-state index in [2.05, 4.69) is 15.3 Å². The molecule has 1 aromatic carbocycles. The SMILES string of the molecule is Nc1nc(Cl)cc(NC2CCCOc3cc(Cl)ccc32)n1. The highest BCUT2D eigenvalue weighted by molar-refractivity contribution is 6.30. The van der Waals surface area contributed by atoms with E-state index in [0.29, 0.717) is 22.6 Å². The number of rotatable bonds is 2. The van der Waals surface area contributed by atoms with Crippen LogP contribution in [0.2, 0.25) is 10.2 Å². The smallest absolute Gasteiger partial charge is 0.223 e. The molecule has 21 heavy (non-hydrogen) atoms. The first-order valence-electron chi connectivity index (χ1n) is 6.60. The van der Waals surface area contributed by atoms with Gasteiger partial charge in [0.25, 0.3) is 0 Å². The molecular weight excluding hydrogens is 311 g/mol. The summed E-state index contributed by atoms with van der Waals surface area (Å²) in [5, 5.41) is 4.31. The Labute approximate surface area is 132 Å². The molecule has 2 heterocycles. The van der Waals surface area contributed by atoms with E-state index in [-0.39, 0.29) is 12.0 Å². The first kappa shape index (κ1) is 14.2. The molecule has 5 nitrogen and oxygen atoms in total. The number of aromatic nitrogens is 2. The van der Waals surface area contributed by atoms with Crippen LogP contribution >= 0.6 is 23.2 Å². The van der Waals surface area contributed by atoms with E-state index in [1.807, 2.05) is 18.2 Å². The molecule has 1 atom stereocenters. The van der Waals surface area contributed by atoms with Gasteiger partial charge in [0, 0.05) is 16.7 Å². The van der Waals surface area contributed by atoms with Crippen molar-refractivity contribution in [2.24, 2.45) is 0 Å². The van der Waals surface area contributed by atoms with Crippen molar-refractivity contribution >= 4 is 35.0 Å². The number of nitrogens with one attached hydrogen (secondary N) is 1. The molecule has 0 bridgehead atoms. The molecule has 0 saturated carbocycles. The number of nitrogens with zero attached hydrogens (tertiary/aromatic N) is 2. The summed E-state index contributed by atoms with van der Waals surface area (Å²) in [6.07, 6.45) is 1.84. The Morgan fingerprint density at radius 1 is 1.24 bits per heavy atom. The minimum absolute atomic E-state index is 0.0603. The summed E-state index contributed by atoms with van der Waals surface area (Å²) >= 11 is 11.9. The fourth-order valence-electron chi connectivity index (χ4n) is 2.38. The standard InChI is InChI=1S/C14H14Cl2N4O/c15-8-3-4-9-10(2-1-5-21-11(9)6-8)18-13-7-12(16)19-14(17)20-13/h3-4,6-7,10H,1-2,5H2,(H3,17,18,19,20). The molecule has 1 unspecified atom stereocenters. The van der Waals surface area contributed by atoms with Crippen molar-refractivity contribution in [3.63, 3.8) is 0 Å². The van der Waals surface area contributed by atoms with E-state index >= 15 is 0 Å². The Balaban J connectivity index is 1.91. The molecule has 3 rings (SSSR count). The lowest BCUT2D eigenvalue weighted by molar-refractivity contribution is 0.316. The summed E-state index contributed by atoms with van der Waals surface area (Å²) in [5.74, 6) is 1.54. The van der Waals surface area contributed by atoms with Gasteiger partial charge in [-0.1, -0.05) is 29.3 Å². The zero-order valence-corrected chi connectivity index (χ0v) is 12.7. The van der Waals surface area contributed by atoms with Crippen LogP contribution in [0.3, 0.4) is 0 Å². The number of ether oxygens (including phenoxy) is 1.